The zero-order valence-electron chi connectivity index (χ0n) is 9.60. The molecule has 0 saturated heterocycles. The number of thiazole rings is 1. The highest BCUT2D eigenvalue weighted by atomic mass is 32.1. The normalized spacial score (nSPS) is 19.1. The molecule has 2 heterocycles. The van der Waals surface area contributed by atoms with Crippen LogP contribution >= 0.6 is 11.3 Å². The molecule has 1 aliphatic rings. The summed E-state index contributed by atoms with van der Waals surface area (Å²) in [6.07, 6.45) is -0.407. The Labute approximate surface area is 104 Å². The summed E-state index contributed by atoms with van der Waals surface area (Å²) in [5.41, 5.74) is 3.36. The van der Waals surface area contributed by atoms with Crippen molar-refractivity contribution in [2.45, 2.75) is 19.6 Å². The number of aliphatic hydroxyl groups excluding tert-OH is 1. The smallest absolute Gasteiger partial charge is 0.124 e. The summed E-state index contributed by atoms with van der Waals surface area (Å²) in [6.45, 7) is 3.46. The number of hydrogen-bond acceptors (Lipinski definition) is 4. The van der Waals surface area contributed by atoms with E-state index in [1.807, 2.05) is 0 Å². The van der Waals surface area contributed by atoms with E-state index in [1.54, 1.807) is 11.3 Å². The third kappa shape index (κ3) is 1.99. The van der Waals surface area contributed by atoms with Crippen LogP contribution in [0.2, 0.25) is 0 Å². The van der Waals surface area contributed by atoms with Gasteiger partial charge in [0, 0.05) is 18.7 Å². The number of aromatic nitrogens is 1. The first-order valence-electron chi connectivity index (χ1n) is 5.69. The lowest BCUT2D eigenvalue weighted by molar-refractivity contribution is 0.168. The van der Waals surface area contributed by atoms with E-state index in [2.05, 4.69) is 41.5 Å². The van der Waals surface area contributed by atoms with Gasteiger partial charge in [-0.1, -0.05) is 29.8 Å². The molecule has 1 aromatic heterocycles. The van der Waals surface area contributed by atoms with Crippen LogP contribution in [0, 0.1) is 6.92 Å². The minimum absolute atomic E-state index is 0.407. The topological polar surface area (TPSA) is 45.2 Å². The van der Waals surface area contributed by atoms with Crippen LogP contribution in [-0.2, 0) is 6.54 Å². The van der Waals surface area contributed by atoms with Crippen molar-refractivity contribution in [2.75, 3.05) is 6.54 Å². The molecule has 0 fully saturated rings. The van der Waals surface area contributed by atoms with Crippen LogP contribution in [0.1, 0.15) is 22.2 Å². The number of rotatable bonds is 1. The van der Waals surface area contributed by atoms with Gasteiger partial charge in [0.15, 0.2) is 0 Å². The minimum atomic E-state index is -0.407. The second-order valence-electron chi connectivity index (χ2n) is 4.34. The molecule has 3 rings (SSSR count). The van der Waals surface area contributed by atoms with E-state index in [0.29, 0.717) is 6.54 Å². The molecule has 1 aliphatic heterocycles. The first-order chi connectivity index (χ1) is 8.24. The van der Waals surface area contributed by atoms with Gasteiger partial charge < -0.3 is 10.4 Å². The summed E-state index contributed by atoms with van der Waals surface area (Å²) in [6, 6.07) is 8.34. The third-order valence-corrected chi connectivity index (χ3v) is 4.21. The second-order valence-corrected chi connectivity index (χ2v) is 5.37. The van der Waals surface area contributed by atoms with Crippen molar-refractivity contribution in [3.05, 3.63) is 40.4 Å². The van der Waals surface area contributed by atoms with Crippen LogP contribution in [0.25, 0.3) is 10.6 Å². The molecule has 4 heteroatoms. The Morgan fingerprint density at radius 1 is 1.35 bits per heavy atom. The monoisotopic (exact) mass is 246 g/mol. The van der Waals surface area contributed by atoms with Crippen LogP contribution < -0.4 is 5.32 Å². The molecular formula is C13H14N2OS. The molecule has 0 saturated carbocycles. The molecule has 0 spiro atoms. The molecule has 0 radical (unpaired) electrons. The van der Waals surface area contributed by atoms with Gasteiger partial charge in [0.05, 0.1) is 10.6 Å². The maximum Gasteiger partial charge on any atom is 0.124 e. The van der Waals surface area contributed by atoms with Gasteiger partial charge in [0.25, 0.3) is 0 Å². The summed E-state index contributed by atoms with van der Waals surface area (Å²) < 4.78 is 0. The number of fused-ring (bicyclic) bond motifs is 1. The maximum atomic E-state index is 9.87. The zero-order valence-corrected chi connectivity index (χ0v) is 10.4. The van der Waals surface area contributed by atoms with Crippen LogP contribution in [0.15, 0.2) is 24.3 Å². The van der Waals surface area contributed by atoms with Gasteiger partial charge in [0.1, 0.15) is 11.1 Å². The first kappa shape index (κ1) is 10.9. The van der Waals surface area contributed by atoms with E-state index in [9.17, 15) is 5.11 Å². The Morgan fingerprint density at radius 2 is 2.12 bits per heavy atom. The van der Waals surface area contributed by atoms with Crippen molar-refractivity contribution < 1.29 is 5.11 Å². The van der Waals surface area contributed by atoms with E-state index in [-0.39, 0.29) is 0 Å². The SMILES string of the molecule is Cc1ccc(-c2nc3c(s2)[C@@H](O)CNC3)cc1. The number of β-amino-alcohol motifs (C(OH)–C–C–N with tert-alkyl or cyclic N) is 1. The second kappa shape index (κ2) is 4.22. The molecule has 3 nitrogen and oxygen atoms in total. The number of nitrogens with zero attached hydrogens (tertiary/aromatic N) is 1. The van der Waals surface area contributed by atoms with Crippen molar-refractivity contribution >= 4 is 11.3 Å². The Bertz CT molecular complexity index is 533. The van der Waals surface area contributed by atoms with Gasteiger partial charge in [-0.15, -0.1) is 11.3 Å². The van der Waals surface area contributed by atoms with Crippen molar-refractivity contribution in [1.29, 1.82) is 0 Å². The molecule has 1 atom stereocenters. The molecule has 88 valence electrons. The Hall–Kier alpha value is -1.23. The van der Waals surface area contributed by atoms with E-state index in [0.717, 1.165) is 27.7 Å². The number of aliphatic hydroxyl groups is 1. The number of benzene rings is 1. The van der Waals surface area contributed by atoms with E-state index in [1.165, 1.54) is 5.56 Å². The van der Waals surface area contributed by atoms with Crippen LogP contribution in [0.3, 0.4) is 0 Å². The average molecular weight is 246 g/mol. The fraction of sp³-hybridized carbons (Fsp3) is 0.308. The summed E-state index contributed by atoms with van der Waals surface area (Å²) >= 11 is 1.60. The van der Waals surface area contributed by atoms with Gasteiger partial charge in [-0.05, 0) is 6.92 Å². The lowest BCUT2D eigenvalue weighted by Crippen LogP contribution is -2.26. The van der Waals surface area contributed by atoms with Gasteiger partial charge in [-0.25, -0.2) is 4.98 Å². The van der Waals surface area contributed by atoms with E-state index >= 15 is 0 Å². The highest BCUT2D eigenvalue weighted by molar-refractivity contribution is 7.15. The molecule has 0 bridgehead atoms. The molecule has 17 heavy (non-hydrogen) atoms. The standard InChI is InChI=1S/C13H14N2OS/c1-8-2-4-9(5-3-8)13-15-10-6-14-7-11(16)12(10)17-13/h2-5,11,14,16H,6-7H2,1H3/t11-/m0/s1. The van der Waals surface area contributed by atoms with E-state index < -0.39 is 6.10 Å². The quantitative estimate of drug-likeness (QED) is 0.811. The maximum absolute atomic E-state index is 9.87. The molecular weight excluding hydrogens is 232 g/mol. The van der Waals surface area contributed by atoms with Crippen LogP contribution in [-0.4, -0.2) is 16.6 Å². The Kier molecular flexibility index (Phi) is 2.70. The Balaban J connectivity index is 2.02. The molecule has 0 amide bonds. The molecule has 0 unspecified atom stereocenters. The van der Waals surface area contributed by atoms with E-state index in [4.69, 9.17) is 0 Å². The summed E-state index contributed by atoms with van der Waals surface area (Å²) in [5, 5.41) is 14.0. The van der Waals surface area contributed by atoms with Crippen molar-refractivity contribution in [2.24, 2.45) is 0 Å². The number of aryl methyl sites for hydroxylation is 1. The Morgan fingerprint density at radius 3 is 2.82 bits per heavy atom. The lowest BCUT2D eigenvalue weighted by Gasteiger charge is -2.16. The largest absolute Gasteiger partial charge is 0.386 e. The van der Waals surface area contributed by atoms with Crippen LogP contribution in [0.4, 0.5) is 0 Å². The van der Waals surface area contributed by atoms with Crippen molar-refractivity contribution in [1.82, 2.24) is 10.3 Å². The van der Waals surface area contributed by atoms with Gasteiger partial charge in [-0.2, -0.15) is 0 Å². The summed E-state index contributed by atoms with van der Waals surface area (Å²) in [4.78, 5) is 5.61. The molecule has 1 aromatic carbocycles. The molecule has 2 aromatic rings. The molecule has 2 N–H and O–H groups in total. The predicted octanol–water partition coefficient (Wildman–Crippen LogP) is 2.26. The summed E-state index contributed by atoms with van der Waals surface area (Å²) in [7, 11) is 0. The number of hydrogen-bond donors (Lipinski definition) is 2. The molecule has 0 aliphatic carbocycles. The fourth-order valence-electron chi connectivity index (χ4n) is 1.99. The van der Waals surface area contributed by atoms with Crippen molar-refractivity contribution in [3.8, 4) is 10.6 Å². The predicted molar refractivity (Wildman–Crippen MR) is 69.0 cm³/mol. The first-order valence-corrected chi connectivity index (χ1v) is 6.51. The highest BCUT2D eigenvalue weighted by Gasteiger charge is 2.22. The van der Waals surface area contributed by atoms with Crippen molar-refractivity contribution in [3.63, 3.8) is 0 Å². The van der Waals surface area contributed by atoms with Gasteiger partial charge in [0.2, 0.25) is 0 Å². The lowest BCUT2D eigenvalue weighted by atomic mass is 10.1. The fourth-order valence-corrected chi connectivity index (χ4v) is 3.06. The summed E-state index contributed by atoms with van der Waals surface area (Å²) in [5.74, 6) is 0. The van der Waals surface area contributed by atoms with Gasteiger partial charge >= 0.3 is 0 Å². The highest BCUT2D eigenvalue weighted by Crippen LogP contribution is 2.33. The third-order valence-electron chi connectivity index (χ3n) is 2.96. The van der Waals surface area contributed by atoms with Crippen LogP contribution in [0.5, 0.6) is 0 Å². The van der Waals surface area contributed by atoms with Gasteiger partial charge in [-0.3, -0.25) is 0 Å². The average Bonchev–Trinajstić information content (AvgIpc) is 2.75. The minimum Gasteiger partial charge on any atom is -0.386 e. The zero-order chi connectivity index (χ0) is 11.8. The number of nitrogens with one attached hydrogen (secondary N) is 1.